The summed E-state index contributed by atoms with van der Waals surface area (Å²) in [5.74, 6) is 1.12. The first-order valence-corrected chi connectivity index (χ1v) is 6.92. The number of nitrogens with zero attached hydrogens (tertiary/aromatic N) is 1. The standard InChI is InChI=1S/C18H12N2O2/c19-10-13-17(14-6-3-9-21-14)16-12-5-2-1-4-11(12)7-8-15(16)22-18(13)20/h1-9,17H,20H2/t17-/m1/s1. The molecule has 4 nitrogen and oxygen atoms in total. The van der Waals surface area contributed by atoms with Crippen LogP contribution in [0.1, 0.15) is 17.2 Å². The molecule has 4 rings (SSSR count). The highest BCUT2D eigenvalue weighted by molar-refractivity contribution is 5.90. The maximum Gasteiger partial charge on any atom is 0.205 e. The molecule has 2 N–H and O–H groups in total. The highest BCUT2D eigenvalue weighted by atomic mass is 16.5. The van der Waals surface area contributed by atoms with Crippen LogP contribution in [0.4, 0.5) is 0 Å². The Labute approximate surface area is 127 Å². The zero-order valence-corrected chi connectivity index (χ0v) is 11.6. The van der Waals surface area contributed by atoms with Gasteiger partial charge in [-0.2, -0.15) is 5.26 Å². The van der Waals surface area contributed by atoms with Crippen molar-refractivity contribution in [3.63, 3.8) is 0 Å². The minimum absolute atomic E-state index is 0.131. The summed E-state index contributed by atoms with van der Waals surface area (Å²) in [6, 6.07) is 17.7. The molecular formula is C18H12N2O2. The van der Waals surface area contributed by atoms with Crippen LogP contribution in [0.3, 0.4) is 0 Å². The van der Waals surface area contributed by atoms with Crippen molar-refractivity contribution in [1.29, 1.82) is 5.26 Å². The summed E-state index contributed by atoms with van der Waals surface area (Å²) in [6.07, 6.45) is 1.60. The van der Waals surface area contributed by atoms with Crippen molar-refractivity contribution in [1.82, 2.24) is 0 Å². The second-order valence-electron chi connectivity index (χ2n) is 5.14. The molecule has 0 spiro atoms. The average molecular weight is 288 g/mol. The Bertz CT molecular complexity index is 933. The molecule has 1 atom stereocenters. The van der Waals surface area contributed by atoms with E-state index in [2.05, 4.69) is 6.07 Å². The number of allylic oxidation sites excluding steroid dienone is 1. The first-order chi connectivity index (χ1) is 10.8. The highest BCUT2D eigenvalue weighted by Crippen LogP contribution is 2.45. The Morgan fingerprint density at radius 3 is 2.68 bits per heavy atom. The van der Waals surface area contributed by atoms with Crippen LogP contribution >= 0.6 is 0 Å². The molecule has 1 aromatic heterocycles. The van der Waals surface area contributed by atoms with Gasteiger partial charge < -0.3 is 14.9 Å². The van der Waals surface area contributed by atoms with Crippen LogP contribution < -0.4 is 10.5 Å². The van der Waals surface area contributed by atoms with E-state index < -0.39 is 0 Å². The SMILES string of the molecule is N#CC1=C(N)Oc2ccc3ccccc3c2[C@H]1c1ccco1. The lowest BCUT2D eigenvalue weighted by atomic mass is 9.84. The lowest BCUT2D eigenvalue weighted by Gasteiger charge is -2.26. The summed E-state index contributed by atoms with van der Waals surface area (Å²) < 4.78 is 11.2. The summed E-state index contributed by atoms with van der Waals surface area (Å²) in [5.41, 5.74) is 7.23. The number of hydrogen-bond donors (Lipinski definition) is 1. The van der Waals surface area contributed by atoms with E-state index in [0.29, 0.717) is 17.1 Å². The molecule has 2 heterocycles. The molecule has 0 saturated heterocycles. The fraction of sp³-hybridized carbons (Fsp3) is 0.0556. The minimum Gasteiger partial charge on any atom is -0.468 e. The van der Waals surface area contributed by atoms with Gasteiger partial charge in [0, 0.05) is 5.56 Å². The number of benzene rings is 2. The second-order valence-corrected chi connectivity index (χ2v) is 5.14. The van der Waals surface area contributed by atoms with Crippen LogP contribution in [0.5, 0.6) is 5.75 Å². The Morgan fingerprint density at radius 2 is 1.91 bits per heavy atom. The maximum atomic E-state index is 9.52. The van der Waals surface area contributed by atoms with E-state index in [-0.39, 0.29) is 11.8 Å². The zero-order chi connectivity index (χ0) is 15.1. The lowest BCUT2D eigenvalue weighted by molar-refractivity contribution is 0.385. The van der Waals surface area contributed by atoms with Gasteiger partial charge in [0.05, 0.1) is 12.2 Å². The van der Waals surface area contributed by atoms with Crippen molar-refractivity contribution in [2.24, 2.45) is 5.73 Å². The van der Waals surface area contributed by atoms with E-state index in [1.807, 2.05) is 42.5 Å². The predicted molar refractivity (Wildman–Crippen MR) is 82.0 cm³/mol. The van der Waals surface area contributed by atoms with Crippen LogP contribution in [-0.4, -0.2) is 0 Å². The predicted octanol–water partition coefficient (Wildman–Crippen LogP) is 3.65. The Kier molecular flexibility index (Phi) is 2.67. The number of ether oxygens (including phenoxy) is 1. The molecule has 0 bridgehead atoms. The van der Waals surface area contributed by atoms with Crippen molar-refractivity contribution < 1.29 is 9.15 Å². The molecule has 1 aliphatic heterocycles. The molecule has 0 radical (unpaired) electrons. The molecule has 106 valence electrons. The van der Waals surface area contributed by atoms with Gasteiger partial charge in [-0.15, -0.1) is 0 Å². The third kappa shape index (κ3) is 1.69. The maximum absolute atomic E-state index is 9.52. The van der Waals surface area contributed by atoms with Crippen LogP contribution in [0, 0.1) is 11.3 Å². The first kappa shape index (κ1) is 12.5. The lowest BCUT2D eigenvalue weighted by Crippen LogP contribution is -2.21. The summed E-state index contributed by atoms with van der Waals surface area (Å²) in [4.78, 5) is 0. The fourth-order valence-electron chi connectivity index (χ4n) is 2.98. The van der Waals surface area contributed by atoms with E-state index in [1.54, 1.807) is 12.3 Å². The molecule has 22 heavy (non-hydrogen) atoms. The molecule has 0 saturated carbocycles. The van der Waals surface area contributed by atoms with Gasteiger partial charge in [-0.1, -0.05) is 30.3 Å². The highest BCUT2D eigenvalue weighted by Gasteiger charge is 2.33. The first-order valence-electron chi connectivity index (χ1n) is 6.92. The Balaban J connectivity index is 2.08. The topological polar surface area (TPSA) is 72.2 Å². The van der Waals surface area contributed by atoms with Gasteiger partial charge in [0.25, 0.3) is 0 Å². The van der Waals surface area contributed by atoms with Gasteiger partial charge >= 0.3 is 0 Å². The summed E-state index contributed by atoms with van der Waals surface area (Å²) in [6.45, 7) is 0. The van der Waals surface area contributed by atoms with Gasteiger partial charge in [0.1, 0.15) is 23.2 Å². The van der Waals surface area contributed by atoms with E-state index in [4.69, 9.17) is 14.9 Å². The van der Waals surface area contributed by atoms with E-state index >= 15 is 0 Å². The van der Waals surface area contributed by atoms with Gasteiger partial charge in [-0.3, -0.25) is 0 Å². The number of nitriles is 1. The van der Waals surface area contributed by atoms with Gasteiger partial charge in [-0.25, -0.2) is 0 Å². The van der Waals surface area contributed by atoms with Crippen molar-refractivity contribution in [3.05, 3.63) is 77.6 Å². The van der Waals surface area contributed by atoms with Crippen LogP contribution in [-0.2, 0) is 0 Å². The van der Waals surface area contributed by atoms with E-state index in [1.165, 1.54) is 0 Å². The van der Waals surface area contributed by atoms with Crippen molar-refractivity contribution in [3.8, 4) is 11.8 Å². The quantitative estimate of drug-likeness (QED) is 0.741. The van der Waals surface area contributed by atoms with Crippen molar-refractivity contribution >= 4 is 10.8 Å². The number of furan rings is 1. The number of fused-ring (bicyclic) bond motifs is 3. The normalized spacial score (nSPS) is 17.0. The van der Waals surface area contributed by atoms with Gasteiger partial charge in [0.2, 0.25) is 5.88 Å². The molecule has 0 aliphatic carbocycles. The molecule has 3 aromatic rings. The number of hydrogen-bond acceptors (Lipinski definition) is 4. The van der Waals surface area contributed by atoms with Gasteiger partial charge in [0.15, 0.2) is 0 Å². The number of rotatable bonds is 1. The summed E-state index contributed by atoms with van der Waals surface area (Å²) >= 11 is 0. The van der Waals surface area contributed by atoms with E-state index in [9.17, 15) is 5.26 Å². The third-order valence-electron chi connectivity index (χ3n) is 3.94. The summed E-state index contributed by atoms with van der Waals surface area (Å²) in [7, 11) is 0. The summed E-state index contributed by atoms with van der Waals surface area (Å²) in [5, 5.41) is 11.6. The van der Waals surface area contributed by atoms with Crippen LogP contribution in [0.25, 0.3) is 10.8 Å². The zero-order valence-electron chi connectivity index (χ0n) is 11.6. The molecule has 0 fully saturated rings. The van der Waals surface area contributed by atoms with Crippen molar-refractivity contribution in [2.75, 3.05) is 0 Å². The van der Waals surface area contributed by atoms with Crippen LogP contribution in [0.2, 0.25) is 0 Å². The monoisotopic (exact) mass is 288 g/mol. The van der Waals surface area contributed by atoms with Crippen molar-refractivity contribution in [2.45, 2.75) is 5.92 Å². The fourth-order valence-corrected chi connectivity index (χ4v) is 2.98. The minimum atomic E-state index is -0.352. The molecule has 4 heteroatoms. The average Bonchev–Trinajstić information content (AvgIpc) is 3.07. The molecule has 0 amide bonds. The van der Waals surface area contributed by atoms with E-state index in [0.717, 1.165) is 16.3 Å². The van der Waals surface area contributed by atoms with Gasteiger partial charge in [-0.05, 0) is 29.0 Å². The second kappa shape index (κ2) is 4.68. The number of nitrogens with two attached hydrogens (primary N) is 1. The van der Waals surface area contributed by atoms with Crippen LogP contribution in [0.15, 0.2) is 70.7 Å². The third-order valence-corrected chi connectivity index (χ3v) is 3.94. The molecule has 0 unspecified atom stereocenters. The Morgan fingerprint density at radius 1 is 1.05 bits per heavy atom. The molecule has 1 aliphatic rings. The smallest absolute Gasteiger partial charge is 0.205 e. The largest absolute Gasteiger partial charge is 0.468 e. The molecule has 2 aromatic carbocycles. The Hall–Kier alpha value is -3.19. The molecular weight excluding hydrogens is 276 g/mol.